The normalized spacial score (nSPS) is 10.4. The van der Waals surface area contributed by atoms with E-state index in [2.05, 4.69) is 10.6 Å². The first-order valence-corrected chi connectivity index (χ1v) is 7.45. The van der Waals surface area contributed by atoms with Gasteiger partial charge in [-0.15, -0.1) is 0 Å². The van der Waals surface area contributed by atoms with Crippen LogP contribution in [-0.4, -0.2) is 13.1 Å². The predicted octanol–water partition coefficient (Wildman–Crippen LogP) is 5.82. The zero-order valence-corrected chi connectivity index (χ0v) is 13.4. The summed E-state index contributed by atoms with van der Waals surface area (Å²) in [4.78, 5) is 0. The first kappa shape index (κ1) is 15.6. The van der Waals surface area contributed by atoms with Crippen molar-refractivity contribution in [1.82, 2.24) is 0 Å². The summed E-state index contributed by atoms with van der Waals surface area (Å²) in [6.07, 6.45) is 0. The lowest BCUT2D eigenvalue weighted by Gasteiger charge is -2.11. The molecule has 0 heterocycles. The lowest BCUT2D eigenvalue weighted by molar-refractivity contribution is 1.08. The Hall–Kier alpha value is -0.800. The van der Waals surface area contributed by atoms with Gasteiger partial charge in [-0.1, -0.05) is 46.4 Å². The van der Waals surface area contributed by atoms with Crippen molar-refractivity contribution in [3.63, 3.8) is 0 Å². The van der Waals surface area contributed by atoms with Gasteiger partial charge in [-0.3, -0.25) is 0 Å². The molecule has 0 saturated carbocycles. The standard InChI is InChI=1S/C14H12Cl4N2/c15-9-1-4-14(13(18)7-9)20-6-5-19-10-2-3-11(16)12(17)8-10/h1-4,7-8,19-20H,5-6H2. The maximum absolute atomic E-state index is 6.06. The minimum Gasteiger partial charge on any atom is -0.383 e. The fraction of sp³-hybridized carbons (Fsp3) is 0.143. The number of benzene rings is 2. The molecule has 0 aliphatic carbocycles. The highest BCUT2D eigenvalue weighted by molar-refractivity contribution is 6.42. The van der Waals surface area contributed by atoms with Crippen LogP contribution in [0.1, 0.15) is 0 Å². The molecule has 6 heteroatoms. The molecular weight excluding hydrogens is 338 g/mol. The van der Waals surface area contributed by atoms with Crippen molar-refractivity contribution >= 4 is 57.8 Å². The van der Waals surface area contributed by atoms with E-state index in [1.165, 1.54) is 0 Å². The Balaban J connectivity index is 1.82. The molecule has 2 N–H and O–H groups in total. The molecule has 106 valence electrons. The fourth-order valence-corrected chi connectivity index (χ4v) is 2.42. The van der Waals surface area contributed by atoms with Crippen molar-refractivity contribution in [3.05, 3.63) is 56.5 Å². The molecule has 0 aliphatic rings. The molecular formula is C14H12Cl4N2. The lowest BCUT2D eigenvalue weighted by Crippen LogP contribution is -2.13. The van der Waals surface area contributed by atoms with E-state index in [4.69, 9.17) is 46.4 Å². The molecule has 0 fully saturated rings. The highest BCUT2D eigenvalue weighted by Crippen LogP contribution is 2.26. The van der Waals surface area contributed by atoms with Crippen molar-refractivity contribution < 1.29 is 0 Å². The molecule has 0 aromatic heterocycles. The van der Waals surface area contributed by atoms with Gasteiger partial charge < -0.3 is 10.6 Å². The van der Waals surface area contributed by atoms with Crippen molar-refractivity contribution in [2.45, 2.75) is 0 Å². The Labute approximate surface area is 138 Å². The van der Waals surface area contributed by atoms with Crippen LogP contribution in [0.2, 0.25) is 20.1 Å². The summed E-state index contributed by atoms with van der Waals surface area (Å²) in [5.41, 5.74) is 1.77. The molecule has 0 atom stereocenters. The van der Waals surface area contributed by atoms with E-state index < -0.39 is 0 Å². The zero-order chi connectivity index (χ0) is 14.5. The Kier molecular flexibility index (Phi) is 5.67. The summed E-state index contributed by atoms with van der Waals surface area (Å²) in [5, 5.41) is 8.76. The van der Waals surface area contributed by atoms with Gasteiger partial charge in [0.05, 0.1) is 20.8 Å². The van der Waals surface area contributed by atoms with E-state index in [9.17, 15) is 0 Å². The molecule has 2 aromatic rings. The highest BCUT2D eigenvalue weighted by Gasteiger charge is 2.01. The molecule has 0 bridgehead atoms. The van der Waals surface area contributed by atoms with Crippen LogP contribution in [0, 0.1) is 0 Å². The second kappa shape index (κ2) is 7.28. The largest absolute Gasteiger partial charge is 0.383 e. The highest BCUT2D eigenvalue weighted by atomic mass is 35.5. The Morgan fingerprint density at radius 3 is 2.15 bits per heavy atom. The van der Waals surface area contributed by atoms with Gasteiger partial charge in [0.2, 0.25) is 0 Å². The van der Waals surface area contributed by atoms with Crippen molar-refractivity contribution in [3.8, 4) is 0 Å². The van der Waals surface area contributed by atoms with Gasteiger partial charge >= 0.3 is 0 Å². The fourth-order valence-electron chi connectivity index (χ4n) is 1.64. The van der Waals surface area contributed by atoms with Crippen LogP contribution in [0.25, 0.3) is 0 Å². The van der Waals surface area contributed by atoms with Crippen LogP contribution in [-0.2, 0) is 0 Å². The number of nitrogens with one attached hydrogen (secondary N) is 2. The van der Waals surface area contributed by atoms with Gasteiger partial charge in [-0.05, 0) is 36.4 Å². The van der Waals surface area contributed by atoms with E-state index in [1.54, 1.807) is 24.3 Å². The number of rotatable bonds is 5. The lowest BCUT2D eigenvalue weighted by atomic mass is 10.3. The van der Waals surface area contributed by atoms with Crippen LogP contribution in [0.4, 0.5) is 11.4 Å². The summed E-state index contributed by atoms with van der Waals surface area (Å²) < 4.78 is 0. The van der Waals surface area contributed by atoms with E-state index in [1.807, 2.05) is 12.1 Å². The first-order chi connectivity index (χ1) is 9.56. The molecule has 2 aromatic carbocycles. The van der Waals surface area contributed by atoms with Crippen LogP contribution >= 0.6 is 46.4 Å². The van der Waals surface area contributed by atoms with Gasteiger partial charge in [-0.25, -0.2) is 0 Å². The molecule has 0 saturated heterocycles. The second-order valence-electron chi connectivity index (χ2n) is 4.11. The molecule has 2 nitrogen and oxygen atoms in total. The van der Waals surface area contributed by atoms with Crippen molar-refractivity contribution in [1.29, 1.82) is 0 Å². The maximum Gasteiger partial charge on any atom is 0.0652 e. The Morgan fingerprint density at radius 1 is 0.700 bits per heavy atom. The van der Waals surface area contributed by atoms with Crippen molar-refractivity contribution in [2.24, 2.45) is 0 Å². The number of halogens is 4. The Bertz CT molecular complexity index is 602. The number of hydrogen-bond acceptors (Lipinski definition) is 2. The summed E-state index contributed by atoms with van der Waals surface area (Å²) in [6.45, 7) is 1.43. The third-order valence-corrected chi connectivity index (χ3v) is 3.91. The van der Waals surface area contributed by atoms with Gasteiger partial charge in [0, 0.05) is 23.8 Å². The van der Waals surface area contributed by atoms with Gasteiger partial charge in [0.25, 0.3) is 0 Å². The zero-order valence-electron chi connectivity index (χ0n) is 10.4. The van der Waals surface area contributed by atoms with Crippen molar-refractivity contribution in [2.75, 3.05) is 23.7 Å². The average Bonchev–Trinajstić information content (AvgIpc) is 2.40. The minimum atomic E-state index is 0.533. The first-order valence-electron chi connectivity index (χ1n) is 5.94. The quantitative estimate of drug-likeness (QED) is 0.664. The minimum absolute atomic E-state index is 0.533. The van der Waals surface area contributed by atoms with E-state index >= 15 is 0 Å². The van der Waals surface area contributed by atoms with E-state index in [0.29, 0.717) is 26.6 Å². The molecule has 0 spiro atoms. The van der Waals surface area contributed by atoms with Gasteiger partial charge in [-0.2, -0.15) is 0 Å². The van der Waals surface area contributed by atoms with E-state index in [-0.39, 0.29) is 0 Å². The van der Waals surface area contributed by atoms with Gasteiger partial charge in [0.1, 0.15) is 0 Å². The third kappa shape index (κ3) is 4.35. The topological polar surface area (TPSA) is 24.1 Å². The van der Waals surface area contributed by atoms with E-state index in [0.717, 1.165) is 17.9 Å². The second-order valence-corrected chi connectivity index (χ2v) is 5.76. The molecule has 0 aliphatic heterocycles. The van der Waals surface area contributed by atoms with Crippen LogP contribution in [0.3, 0.4) is 0 Å². The summed E-state index contributed by atoms with van der Waals surface area (Å²) in [7, 11) is 0. The number of anilines is 2. The SMILES string of the molecule is Clc1ccc(NCCNc2ccc(Cl)c(Cl)c2)c(Cl)c1. The molecule has 2 rings (SSSR count). The van der Waals surface area contributed by atoms with Crippen LogP contribution in [0.15, 0.2) is 36.4 Å². The average molecular weight is 350 g/mol. The van der Waals surface area contributed by atoms with Crippen LogP contribution in [0.5, 0.6) is 0 Å². The molecule has 0 amide bonds. The van der Waals surface area contributed by atoms with Gasteiger partial charge in [0.15, 0.2) is 0 Å². The molecule has 0 unspecified atom stereocenters. The monoisotopic (exact) mass is 348 g/mol. The maximum atomic E-state index is 6.06. The molecule has 0 radical (unpaired) electrons. The third-order valence-electron chi connectivity index (χ3n) is 2.62. The van der Waals surface area contributed by atoms with Crippen LogP contribution < -0.4 is 10.6 Å². The summed E-state index contributed by atoms with van der Waals surface area (Å²) in [6, 6.07) is 10.8. The summed E-state index contributed by atoms with van der Waals surface area (Å²) >= 11 is 23.7. The number of hydrogen-bond donors (Lipinski definition) is 2. The predicted molar refractivity (Wildman–Crippen MR) is 89.9 cm³/mol. The molecule has 20 heavy (non-hydrogen) atoms. The smallest absolute Gasteiger partial charge is 0.0652 e. The Morgan fingerprint density at radius 2 is 1.45 bits per heavy atom. The summed E-state index contributed by atoms with van der Waals surface area (Å²) in [5.74, 6) is 0.